The summed E-state index contributed by atoms with van der Waals surface area (Å²) in [6.07, 6.45) is -1.27. The molecule has 5 aromatic carbocycles. The standard InChI is InChI=1S/C42H40N2O7S/c45-38(27-26-36(40(48)50-28-31-16-6-1-7-17-31)44-41(49)51-29-32-18-8-2-9-19-32)43-37(39(46)47)30-52-42(33-20-10-3-11-21-33,34-22-12-4-13-23-34)35-24-14-5-15-25-35/h1-25,36-37H,26-30H2,(H,43,45)(H,44,49)(H,46,47)/t36-,37-/m0/s1. The number of carbonyl (C=O) groups excluding carboxylic acids is 3. The predicted octanol–water partition coefficient (Wildman–Crippen LogP) is 7.10. The zero-order chi connectivity index (χ0) is 36.6. The fourth-order valence-corrected chi connectivity index (χ4v) is 7.23. The first-order valence-corrected chi connectivity index (χ1v) is 17.8. The highest BCUT2D eigenvalue weighted by Crippen LogP contribution is 2.48. The number of ether oxygens (including phenoxy) is 2. The van der Waals surface area contributed by atoms with Gasteiger partial charge in [-0.2, -0.15) is 0 Å². The molecule has 0 heterocycles. The van der Waals surface area contributed by atoms with Gasteiger partial charge in [0.2, 0.25) is 5.91 Å². The number of carbonyl (C=O) groups is 4. The van der Waals surface area contributed by atoms with Crippen LogP contribution in [0.25, 0.3) is 0 Å². The molecule has 0 fully saturated rings. The van der Waals surface area contributed by atoms with E-state index < -0.39 is 40.8 Å². The molecule has 0 spiro atoms. The van der Waals surface area contributed by atoms with Gasteiger partial charge in [-0.05, 0) is 34.2 Å². The monoisotopic (exact) mass is 716 g/mol. The normalized spacial score (nSPS) is 12.2. The molecule has 10 heteroatoms. The van der Waals surface area contributed by atoms with Crippen molar-refractivity contribution in [3.05, 3.63) is 179 Å². The smallest absolute Gasteiger partial charge is 0.408 e. The van der Waals surface area contributed by atoms with E-state index in [1.165, 1.54) is 11.8 Å². The molecule has 0 unspecified atom stereocenters. The maximum Gasteiger partial charge on any atom is 0.408 e. The van der Waals surface area contributed by atoms with Crippen LogP contribution in [0.1, 0.15) is 40.7 Å². The third-order valence-electron chi connectivity index (χ3n) is 8.31. The predicted molar refractivity (Wildman–Crippen MR) is 200 cm³/mol. The Hall–Kier alpha value is -5.87. The summed E-state index contributed by atoms with van der Waals surface area (Å²) in [5.41, 5.74) is 4.37. The lowest BCUT2D eigenvalue weighted by atomic mass is 9.84. The van der Waals surface area contributed by atoms with Crippen molar-refractivity contribution in [1.82, 2.24) is 10.6 Å². The van der Waals surface area contributed by atoms with Crippen molar-refractivity contribution in [2.75, 3.05) is 5.75 Å². The van der Waals surface area contributed by atoms with Gasteiger partial charge in [-0.1, -0.05) is 152 Å². The number of nitrogens with one attached hydrogen (secondary N) is 2. The van der Waals surface area contributed by atoms with Gasteiger partial charge in [-0.25, -0.2) is 14.4 Å². The van der Waals surface area contributed by atoms with E-state index >= 15 is 0 Å². The molecule has 266 valence electrons. The third-order valence-corrected chi connectivity index (χ3v) is 9.95. The number of aliphatic carboxylic acids is 1. The number of hydrogen-bond donors (Lipinski definition) is 3. The van der Waals surface area contributed by atoms with E-state index in [2.05, 4.69) is 10.6 Å². The summed E-state index contributed by atoms with van der Waals surface area (Å²) in [6, 6.07) is 45.1. The molecule has 0 aromatic heterocycles. The van der Waals surface area contributed by atoms with Crippen LogP contribution in [0.5, 0.6) is 0 Å². The number of carboxylic acid groups (broad SMARTS) is 1. The van der Waals surface area contributed by atoms with E-state index in [1.54, 1.807) is 24.3 Å². The molecular weight excluding hydrogens is 677 g/mol. The molecule has 0 aliphatic heterocycles. The Labute approximate surface area is 307 Å². The highest BCUT2D eigenvalue weighted by atomic mass is 32.2. The largest absolute Gasteiger partial charge is 0.480 e. The molecule has 5 rings (SSSR count). The van der Waals surface area contributed by atoms with Crippen molar-refractivity contribution in [2.45, 2.75) is 42.9 Å². The summed E-state index contributed by atoms with van der Waals surface area (Å²) < 4.78 is 9.99. The first-order chi connectivity index (χ1) is 25.3. The maximum atomic E-state index is 13.3. The van der Waals surface area contributed by atoms with Crippen LogP contribution < -0.4 is 10.6 Å². The van der Waals surface area contributed by atoms with Crippen LogP contribution in [0, 0.1) is 0 Å². The van der Waals surface area contributed by atoms with Crippen LogP contribution in [0.3, 0.4) is 0 Å². The second-order valence-corrected chi connectivity index (χ2v) is 13.2. The fourth-order valence-electron chi connectivity index (χ4n) is 5.68. The Kier molecular flexibility index (Phi) is 13.6. The van der Waals surface area contributed by atoms with Crippen molar-refractivity contribution >= 4 is 35.7 Å². The average molecular weight is 717 g/mol. The van der Waals surface area contributed by atoms with Gasteiger partial charge < -0.3 is 25.2 Å². The molecule has 0 saturated carbocycles. The Morgan fingerprint density at radius 1 is 0.577 bits per heavy atom. The second kappa shape index (κ2) is 18.9. The maximum absolute atomic E-state index is 13.3. The summed E-state index contributed by atoms with van der Waals surface area (Å²) >= 11 is 1.41. The molecule has 5 aromatic rings. The average Bonchev–Trinajstić information content (AvgIpc) is 3.19. The molecule has 0 bridgehead atoms. The summed E-state index contributed by atoms with van der Waals surface area (Å²) in [6.45, 7) is -0.0548. The molecule has 3 N–H and O–H groups in total. The Bertz CT molecular complexity index is 1780. The highest BCUT2D eigenvalue weighted by Gasteiger charge is 2.38. The van der Waals surface area contributed by atoms with Gasteiger partial charge in [0.25, 0.3) is 0 Å². The minimum Gasteiger partial charge on any atom is -0.480 e. The Morgan fingerprint density at radius 2 is 1.00 bits per heavy atom. The second-order valence-electron chi connectivity index (χ2n) is 11.9. The van der Waals surface area contributed by atoms with Gasteiger partial charge in [0, 0.05) is 12.2 Å². The van der Waals surface area contributed by atoms with Crippen LogP contribution >= 0.6 is 11.8 Å². The topological polar surface area (TPSA) is 131 Å². The van der Waals surface area contributed by atoms with Crippen molar-refractivity contribution in [3.63, 3.8) is 0 Å². The minimum atomic E-state index is -1.26. The SMILES string of the molecule is O=C(CC[C@H](NC(=O)OCc1ccccc1)C(=O)OCc1ccccc1)N[C@@H](CSC(c1ccccc1)(c1ccccc1)c1ccccc1)C(=O)O. The van der Waals surface area contributed by atoms with Gasteiger partial charge in [0.05, 0.1) is 4.75 Å². The molecule has 0 aliphatic carbocycles. The number of esters is 1. The molecule has 0 saturated heterocycles. The van der Waals surface area contributed by atoms with Gasteiger partial charge in [0.1, 0.15) is 25.3 Å². The van der Waals surface area contributed by atoms with Crippen LogP contribution in [0.4, 0.5) is 4.79 Å². The zero-order valence-electron chi connectivity index (χ0n) is 28.4. The lowest BCUT2D eigenvalue weighted by Gasteiger charge is -2.36. The number of benzene rings is 5. The highest BCUT2D eigenvalue weighted by molar-refractivity contribution is 8.00. The summed E-state index contributed by atoms with van der Waals surface area (Å²) in [4.78, 5) is 51.8. The van der Waals surface area contributed by atoms with Gasteiger partial charge >= 0.3 is 18.0 Å². The minimum absolute atomic E-state index is 0.0202. The Morgan fingerprint density at radius 3 is 1.44 bits per heavy atom. The Balaban J connectivity index is 1.28. The van der Waals surface area contributed by atoms with E-state index in [0.29, 0.717) is 0 Å². The van der Waals surface area contributed by atoms with Gasteiger partial charge in [-0.3, -0.25) is 4.79 Å². The van der Waals surface area contributed by atoms with Gasteiger partial charge in [-0.15, -0.1) is 11.8 Å². The fraction of sp³-hybridized carbons (Fsp3) is 0.190. The number of hydrogen-bond acceptors (Lipinski definition) is 7. The van der Waals surface area contributed by atoms with E-state index in [9.17, 15) is 24.3 Å². The number of carboxylic acids is 1. The zero-order valence-corrected chi connectivity index (χ0v) is 29.2. The van der Waals surface area contributed by atoms with Crippen LogP contribution in [-0.4, -0.2) is 46.9 Å². The lowest BCUT2D eigenvalue weighted by Crippen LogP contribution is -2.46. The van der Waals surface area contributed by atoms with E-state index in [-0.39, 0.29) is 31.8 Å². The van der Waals surface area contributed by atoms with Crippen molar-refractivity contribution < 1.29 is 33.8 Å². The molecule has 2 amide bonds. The van der Waals surface area contributed by atoms with Crippen LogP contribution in [-0.2, 0) is 41.8 Å². The van der Waals surface area contributed by atoms with Gasteiger partial charge in [0.15, 0.2) is 0 Å². The van der Waals surface area contributed by atoms with Crippen LogP contribution in [0.2, 0.25) is 0 Å². The van der Waals surface area contributed by atoms with E-state index in [4.69, 9.17) is 9.47 Å². The molecule has 0 aliphatic rings. The number of alkyl carbamates (subject to hydrolysis) is 1. The van der Waals surface area contributed by atoms with E-state index in [1.807, 2.05) is 127 Å². The van der Waals surface area contributed by atoms with Crippen molar-refractivity contribution in [3.8, 4) is 0 Å². The van der Waals surface area contributed by atoms with E-state index in [0.717, 1.165) is 27.8 Å². The summed E-state index contributed by atoms with van der Waals surface area (Å²) in [5.74, 6) is -2.53. The molecular formula is C42H40N2O7S. The molecule has 0 radical (unpaired) electrons. The summed E-state index contributed by atoms with van der Waals surface area (Å²) in [7, 11) is 0. The molecule has 2 atom stereocenters. The first kappa shape index (κ1) is 37.4. The summed E-state index contributed by atoms with van der Waals surface area (Å²) in [5, 5.41) is 15.4. The number of thioether (sulfide) groups is 1. The lowest BCUT2D eigenvalue weighted by molar-refractivity contribution is -0.148. The quantitative estimate of drug-likeness (QED) is 0.0687. The van der Waals surface area contributed by atoms with Crippen LogP contribution in [0.15, 0.2) is 152 Å². The number of amides is 2. The number of rotatable bonds is 17. The van der Waals surface area contributed by atoms with Crippen molar-refractivity contribution in [2.24, 2.45) is 0 Å². The first-order valence-electron chi connectivity index (χ1n) is 16.9. The van der Waals surface area contributed by atoms with Crippen molar-refractivity contribution in [1.29, 1.82) is 0 Å². The molecule has 9 nitrogen and oxygen atoms in total. The third kappa shape index (κ3) is 10.3. The molecule has 52 heavy (non-hydrogen) atoms.